The van der Waals surface area contributed by atoms with Crippen LogP contribution in [0.15, 0.2) is 0 Å². The molecule has 0 spiro atoms. The molecule has 0 unspecified atom stereocenters. The maximum Gasteiger partial charge on any atom is 0.333 e. The van der Waals surface area contributed by atoms with E-state index in [1.165, 1.54) is 0 Å². The molecule has 11 heavy (non-hydrogen) atoms. The van der Waals surface area contributed by atoms with Gasteiger partial charge < -0.3 is 0 Å². The second-order valence-electron chi connectivity index (χ2n) is 1.85. The van der Waals surface area contributed by atoms with Crippen molar-refractivity contribution in [1.29, 1.82) is 0 Å². The third-order valence-corrected chi connectivity index (χ3v) is 1.16. The van der Waals surface area contributed by atoms with Gasteiger partial charge in [-0.15, -0.1) is 5.06 Å². The van der Waals surface area contributed by atoms with E-state index < -0.39 is 11.8 Å². The molecule has 2 amide bonds. The predicted octanol–water partition coefficient (Wildman–Crippen LogP) is -0.845. The first-order valence-electron chi connectivity index (χ1n) is 2.88. The Morgan fingerprint density at radius 1 is 1.27 bits per heavy atom. The summed E-state index contributed by atoms with van der Waals surface area (Å²) in [5.74, 6) is -1.01. The molecule has 1 aliphatic rings. The Morgan fingerprint density at radius 3 is 2.27 bits per heavy atom. The van der Waals surface area contributed by atoms with Gasteiger partial charge in [0.1, 0.15) is 0 Å². The average Bonchev–Trinajstić information content (AvgIpc) is 2.29. The fraction of sp³-hybridized carbons (Fsp3) is 0.400. The molecule has 0 saturated carbocycles. The minimum absolute atomic E-state index is 0.0150. The molecular weight excluding hydrogens is 154 g/mol. The van der Waals surface area contributed by atoms with E-state index in [1.807, 2.05) is 0 Å². The SMILES string of the molecule is O=COON1C(=O)CCC1=O. The van der Waals surface area contributed by atoms with Crippen LogP contribution < -0.4 is 0 Å². The molecule has 1 aliphatic heterocycles. The zero-order valence-electron chi connectivity index (χ0n) is 5.48. The van der Waals surface area contributed by atoms with Crippen LogP contribution in [0.2, 0.25) is 0 Å². The number of imide groups is 1. The lowest BCUT2D eigenvalue weighted by molar-refractivity contribution is -0.357. The van der Waals surface area contributed by atoms with Crippen molar-refractivity contribution in [3.63, 3.8) is 0 Å². The Bertz CT molecular complexity index is 185. The minimum Gasteiger partial charge on any atom is -0.278 e. The van der Waals surface area contributed by atoms with Crippen LogP contribution in [-0.4, -0.2) is 23.3 Å². The monoisotopic (exact) mass is 159 g/mol. The van der Waals surface area contributed by atoms with Gasteiger partial charge in [0.2, 0.25) is 0 Å². The first kappa shape index (κ1) is 7.67. The summed E-state index contributed by atoms with van der Waals surface area (Å²) < 4.78 is 0. The van der Waals surface area contributed by atoms with Crippen molar-refractivity contribution in [3.05, 3.63) is 0 Å². The first-order chi connectivity index (χ1) is 5.25. The molecule has 0 bridgehead atoms. The van der Waals surface area contributed by atoms with Crippen molar-refractivity contribution in [2.24, 2.45) is 0 Å². The lowest BCUT2D eigenvalue weighted by Crippen LogP contribution is -2.29. The number of nitrogens with zero attached hydrogens (tertiary/aromatic N) is 1. The lowest BCUT2D eigenvalue weighted by Gasteiger charge is -2.06. The third-order valence-electron chi connectivity index (χ3n) is 1.16. The molecule has 1 fully saturated rings. The van der Waals surface area contributed by atoms with Gasteiger partial charge in [0, 0.05) is 12.8 Å². The highest BCUT2D eigenvalue weighted by Gasteiger charge is 2.31. The summed E-state index contributed by atoms with van der Waals surface area (Å²) in [6.07, 6.45) is 0.197. The van der Waals surface area contributed by atoms with Crippen molar-refractivity contribution in [1.82, 2.24) is 5.06 Å². The molecule has 60 valence electrons. The summed E-state index contributed by atoms with van der Waals surface area (Å²) in [5.41, 5.74) is 0. The summed E-state index contributed by atoms with van der Waals surface area (Å²) >= 11 is 0. The molecule has 1 heterocycles. The number of carbonyl (C=O) groups is 3. The summed E-state index contributed by atoms with van der Waals surface area (Å²) in [7, 11) is 0. The summed E-state index contributed by atoms with van der Waals surface area (Å²) in [5, 5.41) is 0.425. The van der Waals surface area contributed by atoms with Gasteiger partial charge in [-0.05, 0) is 4.99 Å². The van der Waals surface area contributed by atoms with E-state index in [-0.39, 0.29) is 19.3 Å². The van der Waals surface area contributed by atoms with E-state index >= 15 is 0 Å². The first-order valence-corrected chi connectivity index (χ1v) is 2.88. The Hall–Kier alpha value is -1.43. The van der Waals surface area contributed by atoms with Crippen molar-refractivity contribution in [3.8, 4) is 0 Å². The fourth-order valence-corrected chi connectivity index (χ4v) is 0.700. The molecule has 0 aliphatic carbocycles. The second kappa shape index (κ2) is 3.11. The lowest BCUT2D eigenvalue weighted by atomic mass is 10.4. The summed E-state index contributed by atoms with van der Waals surface area (Å²) in [6.45, 7) is -0.0150. The van der Waals surface area contributed by atoms with Crippen molar-refractivity contribution < 1.29 is 24.3 Å². The fourth-order valence-electron chi connectivity index (χ4n) is 0.700. The minimum atomic E-state index is -0.503. The van der Waals surface area contributed by atoms with Crippen LogP contribution in [0.3, 0.4) is 0 Å². The molecule has 6 heteroatoms. The van der Waals surface area contributed by atoms with Gasteiger partial charge >= 0.3 is 6.47 Å². The molecule has 6 nitrogen and oxygen atoms in total. The standard InChI is InChI=1S/C5H5NO5/c7-3-10-11-6-4(8)1-2-5(6)9/h3H,1-2H2. The van der Waals surface area contributed by atoms with Crippen LogP contribution in [0, 0.1) is 0 Å². The van der Waals surface area contributed by atoms with E-state index in [2.05, 4.69) is 9.88 Å². The Kier molecular flexibility index (Phi) is 2.17. The highest BCUT2D eigenvalue weighted by Crippen LogP contribution is 2.11. The normalized spacial score (nSPS) is 17.3. The summed E-state index contributed by atoms with van der Waals surface area (Å²) in [4.78, 5) is 38.7. The van der Waals surface area contributed by atoms with Crippen LogP contribution in [0.5, 0.6) is 0 Å². The van der Waals surface area contributed by atoms with Crippen LogP contribution in [0.1, 0.15) is 12.8 Å². The molecular formula is C5H5NO5. The highest BCUT2D eigenvalue weighted by atomic mass is 17.3. The number of hydroxylamine groups is 2. The van der Waals surface area contributed by atoms with Gasteiger partial charge in [-0.3, -0.25) is 19.3 Å². The maximum atomic E-state index is 10.7. The topological polar surface area (TPSA) is 72.9 Å². The number of rotatable bonds is 3. The van der Waals surface area contributed by atoms with E-state index in [0.717, 1.165) is 0 Å². The zero-order chi connectivity index (χ0) is 8.27. The Labute approximate surface area is 61.5 Å². The molecule has 1 rings (SSSR count). The summed E-state index contributed by atoms with van der Waals surface area (Å²) in [6, 6.07) is 0. The third kappa shape index (κ3) is 1.53. The van der Waals surface area contributed by atoms with Crippen LogP contribution in [-0.2, 0) is 24.3 Å². The Morgan fingerprint density at radius 2 is 1.82 bits per heavy atom. The van der Waals surface area contributed by atoms with E-state index in [4.69, 9.17) is 0 Å². The quantitative estimate of drug-likeness (QED) is 0.232. The molecule has 0 aromatic carbocycles. The van der Waals surface area contributed by atoms with E-state index in [9.17, 15) is 14.4 Å². The second-order valence-corrected chi connectivity index (χ2v) is 1.85. The molecule has 0 aromatic heterocycles. The average molecular weight is 159 g/mol. The van der Waals surface area contributed by atoms with Crippen molar-refractivity contribution in [2.45, 2.75) is 12.8 Å². The molecule has 0 atom stereocenters. The molecule has 0 radical (unpaired) electrons. The number of amides is 2. The van der Waals surface area contributed by atoms with Gasteiger partial charge in [-0.1, -0.05) is 0 Å². The van der Waals surface area contributed by atoms with Gasteiger partial charge in [-0.25, -0.2) is 0 Å². The van der Waals surface area contributed by atoms with Gasteiger partial charge in [0.05, 0.1) is 0 Å². The van der Waals surface area contributed by atoms with Gasteiger partial charge in [0.15, 0.2) is 0 Å². The number of hydrogen-bond acceptors (Lipinski definition) is 5. The van der Waals surface area contributed by atoms with Gasteiger partial charge in [-0.2, -0.15) is 0 Å². The highest BCUT2D eigenvalue weighted by molar-refractivity contribution is 6.00. The smallest absolute Gasteiger partial charge is 0.278 e. The molecule has 0 aromatic rings. The maximum absolute atomic E-state index is 10.7. The predicted molar refractivity (Wildman–Crippen MR) is 29.3 cm³/mol. The molecule has 1 saturated heterocycles. The number of hydrogen-bond donors (Lipinski definition) is 0. The van der Waals surface area contributed by atoms with Crippen molar-refractivity contribution in [2.75, 3.05) is 0 Å². The zero-order valence-corrected chi connectivity index (χ0v) is 5.48. The van der Waals surface area contributed by atoms with Crippen LogP contribution >= 0.6 is 0 Å². The number of carbonyl (C=O) groups excluding carboxylic acids is 3. The van der Waals surface area contributed by atoms with Crippen molar-refractivity contribution >= 4 is 18.3 Å². The molecule has 0 N–H and O–H groups in total. The Balaban J connectivity index is 2.47. The van der Waals surface area contributed by atoms with Crippen LogP contribution in [0.25, 0.3) is 0 Å². The van der Waals surface area contributed by atoms with Crippen LogP contribution in [0.4, 0.5) is 0 Å². The van der Waals surface area contributed by atoms with Gasteiger partial charge in [0.25, 0.3) is 11.8 Å². The van der Waals surface area contributed by atoms with E-state index in [0.29, 0.717) is 5.06 Å². The van der Waals surface area contributed by atoms with E-state index in [1.54, 1.807) is 0 Å². The largest absolute Gasteiger partial charge is 0.333 e.